The number of hydrogen-bond acceptors (Lipinski definition) is 9. The molecule has 3 atom stereocenters. The molecule has 0 saturated heterocycles. The third-order valence-electron chi connectivity index (χ3n) is 7.07. The lowest BCUT2D eigenvalue weighted by Gasteiger charge is -2.20. The van der Waals surface area contributed by atoms with Crippen molar-refractivity contribution in [1.82, 2.24) is 0 Å². The number of carbonyl (C=O) groups excluding carboxylic acids is 2. The zero-order chi connectivity index (χ0) is 31.3. The van der Waals surface area contributed by atoms with Crippen molar-refractivity contribution in [3.8, 4) is 0 Å². The molecule has 0 aromatic carbocycles. The molecule has 250 valence electrons. The van der Waals surface area contributed by atoms with E-state index in [4.69, 9.17) is 18.5 Å². The Kier molecular flexibility index (Phi) is 28.0. The van der Waals surface area contributed by atoms with Crippen LogP contribution in [0.1, 0.15) is 149 Å². The first-order valence-electron chi connectivity index (χ1n) is 16.5. The van der Waals surface area contributed by atoms with Gasteiger partial charge in [0.1, 0.15) is 12.2 Å². The number of aliphatic hydroxyl groups excluding tert-OH is 2. The third kappa shape index (κ3) is 26.6. The first-order valence-corrected chi connectivity index (χ1v) is 18.0. The number of aliphatic hydroxyl groups is 2. The molecule has 0 aliphatic carbocycles. The van der Waals surface area contributed by atoms with E-state index in [0.717, 1.165) is 44.9 Å². The van der Waals surface area contributed by atoms with Crippen LogP contribution >= 0.6 is 7.82 Å². The van der Waals surface area contributed by atoms with E-state index in [9.17, 15) is 29.3 Å². The second-order valence-electron chi connectivity index (χ2n) is 11.2. The van der Waals surface area contributed by atoms with Gasteiger partial charge in [-0.3, -0.25) is 18.6 Å². The molecule has 10 nitrogen and oxygen atoms in total. The molecule has 42 heavy (non-hydrogen) atoms. The Bertz CT molecular complexity index is 691. The number of phosphoric acid groups is 1. The van der Waals surface area contributed by atoms with Crippen LogP contribution in [0.15, 0.2) is 0 Å². The predicted molar refractivity (Wildman–Crippen MR) is 164 cm³/mol. The Morgan fingerprint density at radius 1 is 0.548 bits per heavy atom. The molecular weight excluding hydrogens is 563 g/mol. The normalized spacial score (nSPS) is 14.3. The van der Waals surface area contributed by atoms with Gasteiger partial charge in [-0.15, -0.1) is 0 Å². The fourth-order valence-electron chi connectivity index (χ4n) is 4.47. The molecule has 0 aliphatic heterocycles. The van der Waals surface area contributed by atoms with Gasteiger partial charge in [0, 0.05) is 12.8 Å². The Labute approximate surface area is 254 Å². The summed E-state index contributed by atoms with van der Waals surface area (Å²) in [5.74, 6) is -1.02. The maximum atomic E-state index is 12.2. The first-order chi connectivity index (χ1) is 20.3. The maximum Gasteiger partial charge on any atom is 0.472 e. The van der Waals surface area contributed by atoms with Gasteiger partial charge in [0.2, 0.25) is 0 Å². The molecule has 0 aliphatic rings. The second-order valence-corrected chi connectivity index (χ2v) is 12.6. The van der Waals surface area contributed by atoms with E-state index in [-0.39, 0.29) is 12.8 Å². The van der Waals surface area contributed by atoms with E-state index in [2.05, 4.69) is 13.8 Å². The summed E-state index contributed by atoms with van der Waals surface area (Å²) in [5.41, 5.74) is 0. The molecule has 0 spiro atoms. The predicted octanol–water partition coefficient (Wildman–Crippen LogP) is 7.16. The molecule has 3 unspecified atom stereocenters. The van der Waals surface area contributed by atoms with Gasteiger partial charge in [-0.05, 0) is 12.8 Å². The average molecular weight is 625 g/mol. The molecular formula is C31H61O10P. The minimum absolute atomic E-state index is 0.193. The van der Waals surface area contributed by atoms with Gasteiger partial charge in [0.05, 0.1) is 26.4 Å². The molecule has 3 N–H and O–H groups in total. The quantitative estimate of drug-likeness (QED) is 0.0412. The van der Waals surface area contributed by atoms with E-state index in [1.165, 1.54) is 64.2 Å². The number of carbonyl (C=O) groups is 2. The van der Waals surface area contributed by atoms with Crippen LogP contribution in [0.5, 0.6) is 0 Å². The standard InChI is InChI=1S/C31H61O10P/c1-3-5-7-9-11-12-13-14-15-16-17-19-21-23-31(35)41-29(25-33)27-39-42(36,37)38-26-28(24-32)40-30(34)22-20-18-10-8-6-4-2/h28-29,32-33H,3-27H2,1-2H3,(H,36,37). The van der Waals surface area contributed by atoms with E-state index < -0.39 is 58.4 Å². The molecule has 0 bridgehead atoms. The molecule has 0 aromatic heterocycles. The minimum Gasteiger partial charge on any atom is -0.457 e. The lowest BCUT2D eigenvalue weighted by Crippen LogP contribution is -2.28. The van der Waals surface area contributed by atoms with Crippen LogP contribution in [0.4, 0.5) is 0 Å². The van der Waals surface area contributed by atoms with E-state index in [1.807, 2.05) is 0 Å². The van der Waals surface area contributed by atoms with Crippen LogP contribution in [0.3, 0.4) is 0 Å². The average Bonchev–Trinajstić information content (AvgIpc) is 2.97. The van der Waals surface area contributed by atoms with Crippen molar-refractivity contribution in [2.24, 2.45) is 0 Å². The van der Waals surface area contributed by atoms with Crippen LogP contribution in [-0.2, 0) is 32.7 Å². The van der Waals surface area contributed by atoms with Gasteiger partial charge < -0.3 is 24.6 Å². The van der Waals surface area contributed by atoms with Gasteiger partial charge in [0.15, 0.2) is 0 Å². The summed E-state index contributed by atoms with van der Waals surface area (Å²) in [6.45, 7) is 2.10. The van der Waals surface area contributed by atoms with Crippen molar-refractivity contribution in [3.63, 3.8) is 0 Å². The minimum atomic E-state index is -4.61. The fourth-order valence-corrected chi connectivity index (χ4v) is 5.25. The third-order valence-corrected chi connectivity index (χ3v) is 8.02. The van der Waals surface area contributed by atoms with Crippen LogP contribution in [0.2, 0.25) is 0 Å². The van der Waals surface area contributed by atoms with Crippen molar-refractivity contribution >= 4 is 19.8 Å². The van der Waals surface area contributed by atoms with E-state index in [0.29, 0.717) is 12.8 Å². The number of rotatable bonds is 31. The number of esters is 2. The lowest BCUT2D eigenvalue weighted by molar-refractivity contribution is -0.153. The van der Waals surface area contributed by atoms with Gasteiger partial charge in [-0.2, -0.15) is 0 Å². The summed E-state index contributed by atoms with van der Waals surface area (Å²) >= 11 is 0. The van der Waals surface area contributed by atoms with Crippen molar-refractivity contribution < 1.29 is 47.8 Å². The first kappa shape index (κ1) is 41.0. The maximum absolute atomic E-state index is 12.2. The van der Waals surface area contributed by atoms with E-state index in [1.54, 1.807) is 0 Å². The van der Waals surface area contributed by atoms with Gasteiger partial charge in [-0.1, -0.05) is 123 Å². The number of phosphoric ester groups is 1. The van der Waals surface area contributed by atoms with Gasteiger partial charge >= 0.3 is 19.8 Å². The smallest absolute Gasteiger partial charge is 0.457 e. The Hall–Kier alpha value is -1.03. The molecule has 11 heteroatoms. The molecule has 0 aromatic rings. The molecule has 0 rings (SSSR count). The largest absolute Gasteiger partial charge is 0.472 e. The van der Waals surface area contributed by atoms with Crippen molar-refractivity contribution in [3.05, 3.63) is 0 Å². The molecule has 0 amide bonds. The number of ether oxygens (including phenoxy) is 2. The topological polar surface area (TPSA) is 149 Å². The highest BCUT2D eigenvalue weighted by Crippen LogP contribution is 2.43. The van der Waals surface area contributed by atoms with E-state index >= 15 is 0 Å². The summed E-state index contributed by atoms with van der Waals surface area (Å²) in [6, 6.07) is 0. The summed E-state index contributed by atoms with van der Waals surface area (Å²) in [6.07, 6.45) is 19.8. The van der Waals surface area contributed by atoms with Crippen molar-refractivity contribution in [2.45, 2.75) is 161 Å². The van der Waals surface area contributed by atoms with Crippen LogP contribution < -0.4 is 0 Å². The monoisotopic (exact) mass is 624 g/mol. The highest BCUT2D eigenvalue weighted by molar-refractivity contribution is 7.47. The molecule has 0 heterocycles. The van der Waals surface area contributed by atoms with Crippen LogP contribution in [0, 0.1) is 0 Å². The SMILES string of the molecule is CCCCCCCCCCCCCCCC(=O)OC(CO)COP(=O)(O)OCC(CO)OC(=O)CCCCCCCC. The zero-order valence-electron chi connectivity index (χ0n) is 26.5. The molecule has 0 saturated carbocycles. The Balaban J connectivity index is 4.00. The molecule has 0 fully saturated rings. The van der Waals surface area contributed by atoms with Crippen molar-refractivity contribution in [2.75, 3.05) is 26.4 Å². The summed E-state index contributed by atoms with van der Waals surface area (Å²) in [4.78, 5) is 34.0. The summed E-state index contributed by atoms with van der Waals surface area (Å²) in [5, 5.41) is 18.9. The summed E-state index contributed by atoms with van der Waals surface area (Å²) in [7, 11) is -4.61. The van der Waals surface area contributed by atoms with Crippen molar-refractivity contribution in [1.29, 1.82) is 0 Å². The zero-order valence-corrected chi connectivity index (χ0v) is 27.4. The van der Waals surface area contributed by atoms with Gasteiger partial charge in [-0.25, -0.2) is 4.57 Å². The highest BCUT2D eigenvalue weighted by Gasteiger charge is 2.27. The number of unbranched alkanes of at least 4 members (excludes halogenated alkanes) is 17. The van der Waals surface area contributed by atoms with Crippen LogP contribution in [0.25, 0.3) is 0 Å². The van der Waals surface area contributed by atoms with Gasteiger partial charge in [0.25, 0.3) is 0 Å². The second kappa shape index (κ2) is 28.7. The fraction of sp³-hybridized carbons (Fsp3) is 0.935. The number of hydrogen-bond donors (Lipinski definition) is 3. The van der Waals surface area contributed by atoms with Crippen LogP contribution in [-0.4, -0.2) is 65.7 Å². The Morgan fingerprint density at radius 2 is 0.833 bits per heavy atom. The lowest BCUT2D eigenvalue weighted by atomic mass is 10.0. The highest BCUT2D eigenvalue weighted by atomic mass is 31.2. The Morgan fingerprint density at radius 3 is 1.12 bits per heavy atom. The molecule has 0 radical (unpaired) electrons. The summed E-state index contributed by atoms with van der Waals surface area (Å²) < 4.78 is 32.1.